The Kier molecular flexibility index (Phi) is 41.7. The molecule has 820 valence electrons. The van der Waals surface area contributed by atoms with Crippen molar-refractivity contribution >= 4 is 35.5 Å². The van der Waals surface area contributed by atoms with Crippen molar-refractivity contribution in [3.63, 3.8) is 0 Å². The van der Waals surface area contributed by atoms with E-state index in [9.17, 15) is 187 Å². The van der Waals surface area contributed by atoms with Crippen LogP contribution in [0.25, 0.3) is 0 Å². The average Bonchev–Trinajstić information content (AvgIpc) is 0.750. The van der Waals surface area contributed by atoms with E-state index in [0.29, 0.717) is 0 Å². The van der Waals surface area contributed by atoms with Crippen LogP contribution in [0, 0.1) is 0 Å². The van der Waals surface area contributed by atoms with Crippen molar-refractivity contribution in [1.82, 2.24) is 26.6 Å². The van der Waals surface area contributed by atoms with Crippen molar-refractivity contribution in [2.45, 2.75) is 391 Å². The second-order valence-corrected chi connectivity index (χ2v) is 36.0. The molecule has 0 aromatic heterocycles. The summed E-state index contributed by atoms with van der Waals surface area (Å²) in [6, 6.07) is -9.81. The quantitative estimate of drug-likeness (QED) is 0.0273. The first-order chi connectivity index (χ1) is 67.0. The van der Waals surface area contributed by atoms with E-state index in [4.69, 9.17) is 99.5 Å². The van der Waals surface area contributed by atoms with Gasteiger partial charge in [0, 0.05) is 41.0 Å². The van der Waals surface area contributed by atoms with Crippen LogP contribution >= 0.6 is 0 Å². The number of amides is 5. The highest BCUT2D eigenvalue weighted by Crippen LogP contribution is 2.44. The molecule has 0 aromatic carbocycles. The van der Waals surface area contributed by atoms with Crippen molar-refractivity contribution < 1.29 is 287 Å². The molecule has 0 radical (unpaired) electrons. The van der Waals surface area contributed by atoms with Gasteiger partial charge in [-0.2, -0.15) is 0 Å². The summed E-state index contributed by atoms with van der Waals surface area (Å²) in [5.74, 6) is -10.4. The molecule has 142 heavy (non-hydrogen) atoms. The number of carbonyl (C=O) groups excluding carboxylic acids is 5. The molecule has 0 aliphatic carbocycles. The summed E-state index contributed by atoms with van der Waals surface area (Å²) in [4.78, 5) is 77.9. The third-order valence-electron chi connectivity index (χ3n) is 25.9. The fourth-order valence-electron chi connectivity index (χ4n) is 18.4. The van der Waals surface area contributed by atoms with Crippen LogP contribution in [0.5, 0.6) is 0 Å². The molecule has 0 saturated carbocycles. The fraction of sp³-hybridized carbons (Fsp3) is 0.924. The van der Waals surface area contributed by atoms with Crippen molar-refractivity contribution in [2.75, 3.05) is 66.1 Å². The Morgan fingerprint density at radius 3 is 1.06 bits per heavy atom. The predicted molar refractivity (Wildman–Crippen MR) is 436 cm³/mol. The van der Waals surface area contributed by atoms with Gasteiger partial charge in [0.05, 0.1) is 84.3 Å². The lowest BCUT2D eigenvalue weighted by Crippen LogP contribution is -2.71. The first-order valence-electron chi connectivity index (χ1n) is 45.1. The van der Waals surface area contributed by atoms with Crippen LogP contribution in [0.1, 0.15) is 48.0 Å². The third-order valence-corrected chi connectivity index (χ3v) is 25.9. The van der Waals surface area contributed by atoms with Gasteiger partial charge in [-0.05, 0) is 6.92 Å². The molecule has 11 fully saturated rings. The van der Waals surface area contributed by atoms with Gasteiger partial charge in [-0.25, -0.2) is 4.79 Å². The Hall–Kier alpha value is -5.22. The molecule has 0 spiro atoms. The summed E-state index contributed by atoms with van der Waals surface area (Å²) in [5, 5.41) is 361. The molecule has 0 unspecified atom stereocenters. The molecule has 63 heteroatoms. The molecular weight excluding hydrogens is 1950 g/mol. The number of hydrogen-bond donors (Lipinski definition) is 36. The Morgan fingerprint density at radius 1 is 0.303 bits per heavy atom. The first-order valence-corrected chi connectivity index (χ1v) is 45.1. The Labute approximate surface area is 803 Å². The maximum Gasteiger partial charge on any atom is 0.364 e. The molecular formula is C79H131N5O58. The van der Waals surface area contributed by atoms with Crippen LogP contribution in [0.4, 0.5) is 0 Å². The topological polar surface area (TPSA) is 984 Å². The second-order valence-electron chi connectivity index (χ2n) is 36.0. The Balaban J connectivity index is 0.914. The van der Waals surface area contributed by atoms with Gasteiger partial charge in [-0.15, -0.1) is 0 Å². The fourth-order valence-corrected chi connectivity index (χ4v) is 18.4. The molecule has 56 atom stereocenters. The lowest BCUT2D eigenvalue weighted by Gasteiger charge is -2.51. The van der Waals surface area contributed by atoms with Gasteiger partial charge in [0.2, 0.25) is 29.5 Å². The van der Waals surface area contributed by atoms with E-state index < -0.39 is 451 Å². The van der Waals surface area contributed by atoms with Crippen molar-refractivity contribution in [2.24, 2.45) is 0 Å². The second kappa shape index (κ2) is 50.6. The van der Waals surface area contributed by atoms with Gasteiger partial charge >= 0.3 is 5.97 Å². The highest BCUT2D eigenvalue weighted by molar-refractivity contribution is 5.77. The molecule has 11 saturated heterocycles. The molecule has 63 nitrogen and oxygen atoms in total. The van der Waals surface area contributed by atoms with E-state index in [-0.39, 0.29) is 0 Å². The minimum Gasteiger partial charge on any atom is -0.477 e. The standard InChI is InChI=1S/C79H131N5O58/c1-18-40(100)51(111)55(115)72(124-18)122-17-34-62(47(107)36(68(119)125-34)81-20(3)94)134-69-37(82-21(4)95)48(108)60(31(14-91)130-69)136-74-57(117)64(138-77-67(54(114)44(104)28(11-88)129-77)140-71-39(84-23(6)97)49(109)59(30(13-90)132-71)135-73-56(116)52(112)42(102)26(9-86)126-73)46(106)33(133-74)16-123-76-66(53(113)43(103)27(10-87)128-76)139-70-38(83-22(5)96)50(110)61(32(15-92)131-70)137-75-58(118)65(45(105)29(12-89)127-75)142-79(78(120)121)7-24(98)35(80-19(2)93)63(141-79)41(101)25(99)8-85/h18,24-77,85-92,98-119H,7-17H2,1-6H3,(H,80,93)(H,81,94)(H,82,95)(H,83,96)(H,84,97)(H,120,121)/t18-,24-,25+,26+,27+,28+,29+,30+,31+,32+,33+,34+,35+,36+,37+,38+,39+,40+,41+,42-,43+,44+,45-,46+,47+,48+,49+,50+,51+,52-,53-,54-,55-,56+,57-,58+,59+,60+,61+,62+,63+,64-,65-,66-,67-,68-,69-,70-,71-,72+,73-,74-,75-,76-,77+,79-/m0/s1. The minimum absolute atomic E-state index is 0.857. The molecule has 11 aliphatic heterocycles. The summed E-state index contributed by atoms with van der Waals surface area (Å²) in [6.45, 7) is -6.14. The zero-order valence-electron chi connectivity index (χ0n) is 76.4. The van der Waals surface area contributed by atoms with E-state index >= 15 is 0 Å². The van der Waals surface area contributed by atoms with Crippen LogP contribution < -0.4 is 26.6 Å². The number of carboxylic acids is 1. The monoisotopic (exact) mass is 2080 g/mol. The molecule has 11 heterocycles. The predicted octanol–water partition coefficient (Wildman–Crippen LogP) is -24.0. The van der Waals surface area contributed by atoms with Crippen LogP contribution in [0.3, 0.4) is 0 Å². The van der Waals surface area contributed by atoms with Crippen LogP contribution in [-0.2, 0) is 128 Å². The van der Waals surface area contributed by atoms with Crippen molar-refractivity contribution in [1.29, 1.82) is 0 Å². The van der Waals surface area contributed by atoms with Crippen LogP contribution in [0.2, 0.25) is 0 Å². The Morgan fingerprint density at radius 2 is 0.620 bits per heavy atom. The minimum atomic E-state index is -3.33. The number of rotatable bonds is 38. The van der Waals surface area contributed by atoms with Crippen molar-refractivity contribution in [3.8, 4) is 0 Å². The number of carbonyl (C=O) groups is 6. The number of carboxylic acid groups (broad SMARTS) is 1. The van der Waals surface area contributed by atoms with Crippen LogP contribution in [-0.4, -0.2) is 603 Å². The summed E-state index contributed by atoms with van der Waals surface area (Å²) < 4.78 is 125. The third kappa shape index (κ3) is 25.8. The summed E-state index contributed by atoms with van der Waals surface area (Å²) in [7, 11) is 0. The van der Waals surface area contributed by atoms with Gasteiger partial charge in [-0.1, -0.05) is 0 Å². The number of hydrogen-bond acceptors (Lipinski definition) is 57. The maximum atomic E-state index is 13.4. The summed E-state index contributed by atoms with van der Waals surface area (Å²) >= 11 is 0. The van der Waals surface area contributed by atoms with E-state index in [2.05, 4.69) is 26.6 Å². The maximum absolute atomic E-state index is 13.4. The van der Waals surface area contributed by atoms with Gasteiger partial charge in [0.1, 0.15) is 256 Å². The normalized spacial score (nSPS) is 48.0. The van der Waals surface area contributed by atoms with Gasteiger partial charge in [0.15, 0.2) is 62.9 Å². The smallest absolute Gasteiger partial charge is 0.364 e. The van der Waals surface area contributed by atoms with E-state index in [0.717, 1.165) is 34.6 Å². The first kappa shape index (κ1) is 117. The highest BCUT2D eigenvalue weighted by Gasteiger charge is 2.65. The Bertz CT molecular complexity index is 4010. The molecule has 11 rings (SSSR count). The number of nitrogens with one attached hydrogen (secondary N) is 5. The lowest BCUT2D eigenvalue weighted by molar-refractivity contribution is -0.399. The number of ether oxygens (including phenoxy) is 21. The van der Waals surface area contributed by atoms with E-state index in [1.807, 2.05) is 0 Å². The molecule has 5 amide bonds. The van der Waals surface area contributed by atoms with Gasteiger partial charge < -0.3 is 284 Å². The zero-order chi connectivity index (χ0) is 105. The number of aliphatic carboxylic acids is 1. The molecule has 36 N–H and O–H groups in total. The highest BCUT2D eigenvalue weighted by atomic mass is 16.8. The average molecular weight is 2080 g/mol. The van der Waals surface area contributed by atoms with E-state index in [1.165, 1.54) is 6.92 Å². The number of aliphatic hydroxyl groups excluding tert-OH is 30. The SMILES string of the molecule is CC(=O)N[C@@H]1[C@@H](O)[C@H](O[C@@H]2O[C@H](CO)[C@@H](O[C@@H]3O[C@H](CO[C@H]4O[C@H](CO)[C@@H](O)[C@H](O)[C@@H]4O[C@@H]4O[C@H](CO)[C@@H](O[C@@H]5O[C@H](CO)[C@H](O)[C@H](O[C@]6(C(=O)O)C[C@H](O)[C@@H](NC(C)=O)[C@H]([C@H](O)[C@H](O)CO)O6)[C@H]5O)[C@H](O)[C@H]4NC(C)=O)[C@@H](O)[C@H](O[C@H]4O[C@H](CO)[C@@H](O)[C@H](O)[C@@H]4O[C@@H]4O[C@H](CO)[C@@H](O[C@@H]5O[C@H](CO)[C@H](O)[C@H](O)[C@H]5O)[C@H](O)[C@H]4NC(C)=O)[C@@H]3O)[C@H](O)[C@H]2NC(C)=O)[C@@H](CO[C@@H]2O[C@@H](C)[C@@H](O)[C@@H](O)[C@@H]2O)O[C@@H]1O. The lowest BCUT2D eigenvalue weighted by atomic mass is 9.88. The van der Waals surface area contributed by atoms with E-state index in [1.54, 1.807) is 0 Å². The van der Waals surface area contributed by atoms with Crippen LogP contribution in [0.15, 0.2) is 0 Å². The molecule has 0 bridgehead atoms. The summed E-state index contributed by atoms with van der Waals surface area (Å²) in [5.41, 5.74) is 0. The largest absolute Gasteiger partial charge is 0.477 e. The summed E-state index contributed by atoms with van der Waals surface area (Å²) in [6.07, 6.45) is -111. The van der Waals surface area contributed by atoms with Gasteiger partial charge in [-0.3, -0.25) is 24.0 Å². The molecule has 0 aromatic rings. The number of aliphatic hydroxyl groups is 30. The zero-order valence-corrected chi connectivity index (χ0v) is 76.4. The van der Waals surface area contributed by atoms with Crippen molar-refractivity contribution in [3.05, 3.63) is 0 Å². The molecule has 11 aliphatic rings. The van der Waals surface area contributed by atoms with Gasteiger partial charge in [0.25, 0.3) is 5.79 Å².